The van der Waals surface area contributed by atoms with Gasteiger partial charge in [0.1, 0.15) is 11.7 Å². The van der Waals surface area contributed by atoms with E-state index in [1.807, 2.05) is 39.1 Å². The third-order valence-corrected chi connectivity index (χ3v) is 5.68. The Morgan fingerprint density at radius 3 is 2.63 bits per heavy atom. The second-order valence-electron chi connectivity index (χ2n) is 7.55. The van der Waals surface area contributed by atoms with Crippen molar-refractivity contribution in [2.45, 2.75) is 33.5 Å². The third kappa shape index (κ3) is 6.52. The zero-order chi connectivity index (χ0) is 24.1. The van der Waals surface area contributed by atoms with Gasteiger partial charge < -0.3 is 33.7 Å². The molecule has 13 heteroatoms. The SMILES string of the molecule is CCn1c(CNC(=O)c2nc(Cl)cnc2N)[n+](CC)c2ccc(C(=O)N(C)CCNC)cc21.Cl.[Cl-]. The number of hydrogen-bond acceptors (Lipinski definition) is 6. The Bertz CT molecular complexity index is 1190. The first-order valence-corrected chi connectivity index (χ1v) is 11.2. The fourth-order valence-electron chi connectivity index (χ4n) is 3.81. The molecule has 4 N–H and O–H groups in total. The largest absolute Gasteiger partial charge is 1.00 e. The topological polar surface area (TPSA) is 122 Å². The fourth-order valence-corrected chi connectivity index (χ4v) is 3.94. The standard InChI is InChI=1S/C22H29ClN8O2.2ClH/c1-5-30-15-8-7-14(22(33)29(4)10-9-25-3)11-16(15)31(6-2)18(30)13-27-21(32)19-20(24)26-12-17(23)28-19;;/h7-8,11-12,25H,5-6,9-10,13H2,1-4H3,(H2-,24,26,27,32);2*1H. The second-order valence-corrected chi connectivity index (χ2v) is 7.93. The van der Waals surface area contributed by atoms with Crippen molar-refractivity contribution in [1.29, 1.82) is 0 Å². The third-order valence-electron chi connectivity index (χ3n) is 5.50. The summed E-state index contributed by atoms with van der Waals surface area (Å²) < 4.78 is 4.21. The molecule has 3 aromatic rings. The summed E-state index contributed by atoms with van der Waals surface area (Å²) in [5.74, 6) is 0.413. The summed E-state index contributed by atoms with van der Waals surface area (Å²) in [7, 11) is 3.65. The highest BCUT2D eigenvalue weighted by atomic mass is 35.5. The van der Waals surface area contributed by atoms with E-state index in [9.17, 15) is 9.59 Å². The molecule has 3 rings (SSSR count). The van der Waals surface area contributed by atoms with Crippen LogP contribution in [0.4, 0.5) is 5.82 Å². The summed E-state index contributed by atoms with van der Waals surface area (Å²) in [5, 5.41) is 6.02. The quantitative estimate of drug-likeness (QED) is 0.286. The number of nitrogens with one attached hydrogen (secondary N) is 2. The zero-order valence-corrected chi connectivity index (χ0v) is 22.5. The Morgan fingerprint density at radius 1 is 1.29 bits per heavy atom. The van der Waals surface area contributed by atoms with Gasteiger partial charge in [-0.2, -0.15) is 0 Å². The number of carbonyl (C=O) groups excluding carboxylic acids is 2. The lowest BCUT2D eigenvalue weighted by Crippen LogP contribution is -3.00. The van der Waals surface area contributed by atoms with Gasteiger partial charge in [0.25, 0.3) is 17.6 Å². The highest BCUT2D eigenvalue weighted by Crippen LogP contribution is 2.19. The molecule has 2 aromatic heterocycles. The molecule has 2 heterocycles. The minimum absolute atomic E-state index is 0. The van der Waals surface area contributed by atoms with Crippen molar-refractivity contribution >= 4 is 52.7 Å². The molecule has 0 atom stereocenters. The number of amides is 2. The average molecular weight is 546 g/mol. The molecule has 0 aliphatic carbocycles. The zero-order valence-electron chi connectivity index (χ0n) is 20.1. The van der Waals surface area contributed by atoms with Crippen molar-refractivity contribution in [3.8, 4) is 0 Å². The Labute approximate surface area is 222 Å². The molecular weight excluding hydrogens is 515 g/mol. The lowest BCUT2D eigenvalue weighted by molar-refractivity contribution is -0.676. The van der Waals surface area contributed by atoms with E-state index in [1.54, 1.807) is 11.9 Å². The summed E-state index contributed by atoms with van der Waals surface area (Å²) in [6.45, 7) is 7.01. The molecule has 0 saturated carbocycles. The average Bonchev–Trinajstić information content (AvgIpc) is 3.13. The lowest BCUT2D eigenvalue weighted by atomic mass is 10.1. The molecule has 1 aromatic carbocycles. The number of fused-ring (bicyclic) bond motifs is 1. The maximum Gasteiger partial charge on any atom is 0.277 e. The van der Waals surface area contributed by atoms with Crippen molar-refractivity contribution < 1.29 is 26.6 Å². The van der Waals surface area contributed by atoms with Gasteiger partial charge in [0, 0.05) is 31.8 Å². The van der Waals surface area contributed by atoms with E-state index >= 15 is 0 Å². The van der Waals surface area contributed by atoms with Gasteiger partial charge in [-0.15, -0.1) is 12.4 Å². The Kier molecular flexibility index (Phi) is 11.7. The molecule has 0 aliphatic heterocycles. The summed E-state index contributed by atoms with van der Waals surface area (Å²) in [6.07, 6.45) is 1.29. The number of nitrogens with two attached hydrogens (primary N) is 1. The number of nitrogen functional groups attached to an aromatic ring is 1. The van der Waals surface area contributed by atoms with Crippen LogP contribution >= 0.6 is 24.0 Å². The molecule has 0 radical (unpaired) electrons. The van der Waals surface area contributed by atoms with Crippen LogP contribution in [0.2, 0.25) is 5.15 Å². The van der Waals surface area contributed by atoms with Crippen molar-refractivity contribution in [2.75, 3.05) is 32.9 Å². The number of likely N-dealkylation sites (N-methyl/N-ethyl adjacent to an activating group) is 2. The molecule has 10 nitrogen and oxygen atoms in total. The number of hydrogen-bond donors (Lipinski definition) is 3. The number of rotatable bonds is 9. The van der Waals surface area contributed by atoms with Gasteiger partial charge in [0.15, 0.2) is 22.5 Å². The molecular formula is C22H31Cl3N8O2. The van der Waals surface area contributed by atoms with E-state index in [2.05, 4.69) is 29.7 Å². The normalized spacial score (nSPS) is 10.4. The van der Waals surface area contributed by atoms with Crippen LogP contribution in [0.5, 0.6) is 0 Å². The predicted octanol–water partition coefficient (Wildman–Crippen LogP) is -1.36. The van der Waals surface area contributed by atoms with Crippen LogP contribution in [0.3, 0.4) is 0 Å². The van der Waals surface area contributed by atoms with Crippen LogP contribution in [0.1, 0.15) is 40.5 Å². The van der Waals surface area contributed by atoms with Crippen molar-refractivity contribution in [1.82, 2.24) is 30.1 Å². The van der Waals surface area contributed by atoms with Gasteiger partial charge in [0.2, 0.25) is 0 Å². The molecule has 2 amide bonds. The van der Waals surface area contributed by atoms with E-state index < -0.39 is 5.91 Å². The fraction of sp³-hybridized carbons (Fsp3) is 0.409. The van der Waals surface area contributed by atoms with Crippen molar-refractivity contribution in [3.63, 3.8) is 0 Å². The van der Waals surface area contributed by atoms with Crippen molar-refractivity contribution in [3.05, 3.63) is 46.6 Å². The number of anilines is 1. The van der Waals surface area contributed by atoms with Crippen molar-refractivity contribution in [2.24, 2.45) is 0 Å². The molecule has 0 aliphatic rings. The summed E-state index contributed by atoms with van der Waals surface area (Å²) in [6, 6.07) is 5.71. The van der Waals surface area contributed by atoms with Crippen LogP contribution in [0.15, 0.2) is 24.4 Å². The minimum atomic E-state index is -0.458. The molecule has 0 fully saturated rings. The van der Waals surface area contributed by atoms with Gasteiger partial charge in [0.05, 0.1) is 19.3 Å². The summed E-state index contributed by atoms with van der Waals surface area (Å²) in [4.78, 5) is 35.1. The maximum absolute atomic E-state index is 12.9. The maximum atomic E-state index is 12.9. The first-order chi connectivity index (χ1) is 15.8. The lowest BCUT2D eigenvalue weighted by Gasteiger charge is -2.16. The smallest absolute Gasteiger partial charge is 0.277 e. The van der Waals surface area contributed by atoms with E-state index in [-0.39, 0.29) is 53.9 Å². The Balaban J connectivity index is 0.00000306. The summed E-state index contributed by atoms with van der Waals surface area (Å²) in [5.41, 5.74) is 8.31. The number of benzene rings is 1. The first-order valence-electron chi connectivity index (χ1n) is 10.8. The number of carbonyl (C=O) groups is 2. The van der Waals surface area contributed by atoms with E-state index in [1.165, 1.54) is 6.20 Å². The highest BCUT2D eigenvalue weighted by molar-refractivity contribution is 6.29. The number of aromatic nitrogens is 4. The molecule has 0 bridgehead atoms. The first kappa shape index (κ1) is 30.4. The Hall–Kier alpha value is -2.66. The highest BCUT2D eigenvalue weighted by Gasteiger charge is 2.26. The van der Waals surface area contributed by atoms with Gasteiger partial charge in [-0.05, 0) is 33.0 Å². The van der Waals surface area contributed by atoms with Crippen LogP contribution in [0, 0.1) is 0 Å². The summed E-state index contributed by atoms with van der Waals surface area (Å²) >= 11 is 5.87. The second kappa shape index (κ2) is 13.4. The molecule has 0 unspecified atom stereocenters. The molecule has 0 spiro atoms. The molecule has 35 heavy (non-hydrogen) atoms. The molecule has 192 valence electrons. The van der Waals surface area contributed by atoms with E-state index in [0.717, 1.165) is 23.4 Å². The number of nitrogens with zero attached hydrogens (tertiary/aromatic N) is 5. The van der Waals surface area contributed by atoms with Gasteiger partial charge in [-0.1, -0.05) is 11.6 Å². The van der Waals surface area contributed by atoms with Crippen LogP contribution < -0.4 is 33.3 Å². The van der Waals surface area contributed by atoms with E-state index in [4.69, 9.17) is 17.3 Å². The van der Waals surface area contributed by atoms with Crippen LogP contribution in [0.25, 0.3) is 11.0 Å². The van der Waals surface area contributed by atoms with Crippen LogP contribution in [-0.4, -0.2) is 58.4 Å². The Morgan fingerprint density at radius 2 is 2.00 bits per heavy atom. The van der Waals surface area contributed by atoms with Gasteiger partial charge >= 0.3 is 0 Å². The van der Waals surface area contributed by atoms with Gasteiger partial charge in [-0.3, -0.25) is 9.59 Å². The number of aryl methyl sites for hydroxylation is 2. The monoisotopic (exact) mass is 544 g/mol. The number of imidazole rings is 1. The predicted molar refractivity (Wildman–Crippen MR) is 134 cm³/mol. The number of halogens is 3. The molecule has 0 saturated heterocycles. The van der Waals surface area contributed by atoms with Crippen LogP contribution in [-0.2, 0) is 19.6 Å². The van der Waals surface area contributed by atoms with E-state index in [0.29, 0.717) is 25.2 Å². The minimum Gasteiger partial charge on any atom is -1.00 e. The van der Waals surface area contributed by atoms with Gasteiger partial charge in [-0.25, -0.2) is 19.1 Å².